The van der Waals surface area contributed by atoms with Crippen LogP contribution in [0.15, 0.2) is 11.6 Å². The molecule has 1 amide bonds. The van der Waals surface area contributed by atoms with Crippen molar-refractivity contribution in [3.8, 4) is 0 Å². The van der Waals surface area contributed by atoms with Crippen molar-refractivity contribution in [1.29, 1.82) is 0 Å². The van der Waals surface area contributed by atoms with E-state index in [1.165, 1.54) is 24.8 Å². The first-order valence-electron chi connectivity index (χ1n) is 6.43. The number of nitrogens with two attached hydrogens (primary N) is 1. The Morgan fingerprint density at radius 2 is 2.44 bits per heavy atom. The second-order valence-electron chi connectivity index (χ2n) is 4.52. The fourth-order valence-corrected chi connectivity index (χ4v) is 2.16. The second-order valence-corrected chi connectivity index (χ2v) is 4.52. The molecule has 1 aliphatic carbocycles. The summed E-state index contributed by atoms with van der Waals surface area (Å²) in [6.07, 6.45) is 8.93. The highest BCUT2D eigenvalue weighted by atomic mass is 16.1. The highest BCUT2D eigenvalue weighted by Crippen LogP contribution is 2.19. The number of allylic oxidation sites excluding steroid dienone is 1. The molecule has 0 saturated heterocycles. The van der Waals surface area contributed by atoms with Crippen LogP contribution in [0, 0.1) is 5.92 Å². The van der Waals surface area contributed by atoms with Crippen molar-refractivity contribution < 1.29 is 4.79 Å². The molecular weight excluding hydrogens is 200 g/mol. The number of nitrogens with one attached hydrogen (secondary N) is 1. The molecule has 1 aliphatic rings. The van der Waals surface area contributed by atoms with Crippen LogP contribution in [0.5, 0.6) is 0 Å². The molecule has 0 aromatic heterocycles. The molecule has 0 aromatic rings. The third kappa shape index (κ3) is 4.35. The first kappa shape index (κ1) is 13.2. The van der Waals surface area contributed by atoms with Gasteiger partial charge in [-0.1, -0.05) is 25.0 Å². The van der Waals surface area contributed by atoms with Crippen LogP contribution < -0.4 is 11.1 Å². The summed E-state index contributed by atoms with van der Waals surface area (Å²) in [4.78, 5) is 11.7. The minimum atomic E-state index is 0.00237. The maximum absolute atomic E-state index is 11.7. The molecule has 1 atom stereocenters. The largest absolute Gasteiger partial charge is 0.356 e. The fraction of sp³-hybridized carbons (Fsp3) is 0.769. The monoisotopic (exact) mass is 224 g/mol. The molecule has 0 aromatic carbocycles. The number of hydrogen-bond acceptors (Lipinski definition) is 2. The Hall–Kier alpha value is -0.830. The van der Waals surface area contributed by atoms with Crippen LogP contribution in [0.4, 0.5) is 0 Å². The molecule has 0 fully saturated rings. The van der Waals surface area contributed by atoms with Gasteiger partial charge in [-0.2, -0.15) is 0 Å². The summed E-state index contributed by atoms with van der Waals surface area (Å²) in [7, 11) is 0. The zero-order valence-corrected chi connectivity index (χ0v) is 10.3. The van der Waals surface area contributed by atoms with Gasteiger partial charge in [-0.3, -0.25) is 4.79 Å². The second kappa shape index (κ2) is 7.44. The van der Waals surface area contributed by atoms with Gasteiger partial charge in [0.2, 0.25) is 5.91 Å². The lowest BCUT2D eigenvalue weighted by atomic mass is 10.0. The van der Waals surface area contributed by atoms with Crippen LogP contribution in [0.1, 0.15) is 45.4 Å². The van der Waals surface area contributed by atoms with Crippen molar-refractivity contribution in [2.24, 2.45) is 11.7 Å². The standard InChI is InChI=1S/C13H24N2O/c1-2-5-12(10-14)13(16)15-9-8-11-6-3-4-7-11/h6,12H,2-5,7-10,14H2,1H3,(H,15,16). The fourth-order valence-electron chi connectivity index (χ4n) is 2.16. The molecule has 3 N–H and O–H groups in total. The molecule has 0 heterocycles. The minimum Gasteiger partial charge on any atom is -0.356 e. The molecular formula is C13H24N2O. The first-order valence-corrected chi connectivity index (χ1v) is 6.43. The van der Waals surface area contributed by atoms with Crippen LogP contribution in [0.25, 0.3) is 0 Å². The van der Waals surface area contributed by atoms with Gasteiger partial charge in [0.25, 0.3) is 0 Å². The van der Waals surface area contributed by atoms with E-state index in [1.54, 1.807) is 0 Å². The van der Waals surface area contributed by atoms with E-state index < -0.39 is 0 Å². The number of rotatable bonds is 7. The predicted octanol–water partition coefficient (Wildman–Crippen LogP) is 1.98. The minimum absolute atomic E-state index is 0.00237. The van der Waals surface area contributed by atoms with Gasteiger partial charge in [-0.15, -0.1) is 0 Å². The Labute approximate surface area is 98.5 Å². The third-order valence-electron chi connectivity index (χ3n) is 3.17. The molecule has 0 spiro atoms. The van der Waals surface area contributed by atoms with Crippen LogP contribution in [0.3, 0.4) is 0 Å². The Morgan fingerprint density at radius 1 is 1.62 bits per heavy atom. The molecule has 3 heteroatoms. The normalized spacial score (nSPS) is 17.0. The first-order chi connectivity index (χ1) is 7.77. The van der Waals surface area contributed by atoms with Gasteiger partial charge in [0.1, 0.15) is 0 Å². The SMILES string of the molecule is CCCC(CN)C(=O)NCCC1=CCCC1. The lowest BCUT2D eigenvalue weighted by Crippen LogP contribution is -2.35. The average Bonchev–Trinajstić information content (AvgIpc) is 2.78. The van der Waals surface area contributed by atoms with Crippen molar-refractivity contribution in [2.75, 3.05) is 13.1 Å². The van der Waals surface area contributed by atoms with Crippen LogP contribution in [0.2, 0.25) is 0 Å². The lowest BCUT2D eigenvalue weighted by Gasteiger charge is -2.13. The van der Waals surface area contributed by atoms with E-state index in [2.05, 4.69) is 18.3 Å². The summed E-state index contributed by atoms with van der Waals surface area (Å²) in [6.45, 7) is 3.31. The molecule has 3 nitrogen and oxygen atoms in total. The Bertz CT molecular complexity index is 248. The highest BCUT2D eigenvalue weighted by molar-refractivity contribution is 5.78. The van der Waals surface area contributed by atoms with Gasteiger partial charge in [0.05, 0.1) is 5.92 Å². The number of hydrogen-bond donors (Lipinski definition) is 2. The Morgan fingerprint density at radius 3 is 3.00 bits per heavy atom. The Balaban J connectivity index is 2.17. The van der Waals surface area contributed by atoms with Crippen molar-refractivity contribution in [3.63, 3.8) is 0 Å². The molecule has 16 heavy (non-hydrogen) atoms. The van der Waals surface area contributed by atoms with Crippen LogP contribution in [-0.4, -0.2) is 19.0 Å². The number of carbonyl (C=O) groups excluding carboxylic acids is 1. The maximum Gasteiger partial charge on any atom is 0.224 e. The van der Waals surface area contributed by atoms with E-state index in [0.717, 1.165) is 25.8 Å². The smallest absolute Gasteiger partial charge is 0.224 e. The van der Waals surface area contributed by atoms with Gasteiger partial charge in [-0.25, -0.2) is 0 Å². The predicted molar refractivity (Wildman–Crippen MR) is 67.0 cm³/mol. The maximum atomic E-state index is 11.7. The molecule has 92 valence electrons. The summed E-state index contributed by atoms with van der Waals surface area (Å²) in [6, 6.07) is 0. The van der Waals surface area contributed by atoms with E-state index in [1.807, 2.05) is 0 Å². The molecule has 1 unspecified atom stereocenters. The highest BCUT2D eigenvalue weighted by Gasteiger charge is 2.15. The van der Waals surface area contributed by atoms with Crippen LogP contribution in [-0.2, 0) is 4.79 Å². The topological polar surface area (TPSA) is 55.1 Å². The summed E-state index contributed by atoms with van der Waals surface area (Å²) in [5, 5.41) is 2.99. The number of amides is 1. The van der Waals surface area contributed by atoms with E-state index in [9.17, 15) is 4.79 Å². The molecule has 0 radical (unpaired) electrons. The quantitative estimate of drug-likeness (QED) is 0.650. The van der Waals surface area contributed by atoms with Crippen molar-refractivity contribution in [2.45, 2.75) is 45.4 Å². The van der Waals surface area contributed by atoms with Crippen molar-refractivity contribution in [1.82, 2.24) is 5.32 Å². The molecule has 1 rings (SSSR count). The van der Waals surface area contributed by atoms with Crippen LogP contribution >= 0.6 is 0 Å². The lowest BCUT2D eigenvalue weighted by molar-refractivity contribution is -0.124. The van der Waals surface area contributed by atoms with E-state index >= 15 is 0 Å². The van der Waals surface area contributed by atoms with E-state index in [-0.39, 0.29) is 11.8 Å². The van der Waals surface area contributed by atoms with Gasteiger partial charge in [-0.05, 0) is 32.1 Å². The van der Waals surface area contributed by atoms with Gasteiger partial charge >= 0.3 is 0 Å². The zero-order chi connectivity index (χ0) is 11.8. The average molecular weight is 224 g/mol. The number of carbonyl (C=O) groups is 1. The van der Waals surface area contributed by atoms with Gasteiger partial charge in [0, 0.05) is 13.1 Å². The molecule has 0 aliphatic heterocycles. The Kier molecular flexibility index (Phi) is 6.16. The van der Waals surface area contributed by atoms with Gasteiger partial charge < -0.3 is 11.1 Å². The van der Waals surface area contributed by atoms with Crippen molar-refractivity contribution in [3.05, 3.63) is 11.6 Å². The van der Waals surface area contributed by atoms with Gasteiger partial charge in [0.15, 0.2) is 0 Å². The molecule has 0 saturated carbocycles. The summed E-state index contributed by atoms with van der Waals surface area (Å²) >= 11 is 0. The third-order valence-corrected chi connectivity index (χ3v) is 3.17. The summed E-state index contributed by atoms with van der Waals surface area (Å²) in [5.41, 5.74) is 7.08. The summed E-state index contributed by atoms with van der Waals surface area (Å²) < 4.78 is 0. The zero-order valence-electron chi connectivity index (χ0n) is 10.3. The summed E-state index contributed by atoms with van der Waals surface area (Å²) in [5.74, 6) is 0.130. The molecule has 0 bridgehead atoms. The van der Waals surface area contributed by atoms with E-state index in [4.69, 9.17) is 5.73 Å². The van der Waals surface area contributed by atoms with E-state index in [0.29, 0.717) is 6.54 Å². The van der Waals surface area contributed by atoms with Crippen molar-refractivity contribution >= 4 is 5.91 Å².